The van der Waals surface area contributed by atoms with E-state index in [2.05, 4.69) is 0 Å². The third-order valence-electron chi connectivity index (χ3n) is 3.13. The predicted octanol–water partition coefficient (Wildman–Crippen LogP) is 3.55. The average Bonchev–Trinajstić information content (AvgIpc) is 2.39. The summed E-state index contributed by atoms with van der Waals surface area (Å²) in [6.45, 7) is 1.96. The van der Waals surface area contributed by atoms with Gasteiger partial charge in [0.1, 0.15) is 5.82 Å². The second kappa shape index (κ2) is 5.65. The number of hydrogen-bond donors (Lipinski definition) is 1. The van der Waals surface area contributed by atoms with Gasteiger partial charge in [-0.25, -0.2) is 4.39 Å². The monoisotopic (exact) mass is 258 g/mol. The molecule has 0 aliphatic rings. The molecule has 0 aliphatic heterocycles. The van der Waals surface area contributed by atoms with Crippen LogP contribution >= 0.6 is 0 Å². The molecule has 2 nitrogen and oxygen atoms in total. The SMILES string of the molecule is Cc1ccc(C(Cc2ccc(F)cc2)C(=O)O)cc1. The van der Waals surface area contributed by atoms with Crippen LogP contribution in [0.25, 0.3) is 0 Å². The fourth-order valence-electron chi connectivity index (χ4n) is 2.00. The molecule has 1 atom stereocenters. The Morgan fingerprint density at radius 1 is 1.11 bits per heavy atom. The molecule has 19 heavy (non-hydrogen) atoms. The van der Waals surface area contributed by atoms with Crippen molar-refractivity contribution in [1.29, 1.82) is 0 Å². The molecule has 0 aliphatic carbocycles. The number of carboxylic acids is 1. The van der Waals surface area contributed by atoms with Crippen LogP contribution in [0.15, 0.2) is 48.5 Å². The molecule has 0 radical (unpaired) electrons. The lowest BCUT2D eigenvalue weighted by atomic mass is 9.91. The van der Waals surface area contributed by atoms with E-state index in [1.807, 2.05) is 31.2 Å². The fourth-order valence-corrected chi connectivity index (χ4v) is 2.00. The highest BCUT2D eigenvalue weighted by Gasteiger charge is 2.20. The van der Waals surface area contributed by atoms with Crippen molar-refractivity contribution >= 4 is 5.97 Å². The van der Waals surface area contributed by atoms with Crippen molar-refractivity contribution in [2.75, 3.05) is 0 Å². The minimum absolute atomic E-state index is 0.314. The Kier molecular flexibility index (Phi) is 3.95. The molecule has 0 bridgehead atoms. The summed E-state index contributed by atoms with van der Waals surface area (Å²) in [5.74, 6) is -1.79. The van der Waals surface area contributed by atoms with Crippen molar-refractivity contribution in [1.82, 2.24) is 0 Å². The van der Waals surface area contributed by atoms with Crippen LogP contribution < -0.4 is 0 Å². The minimum atomic E-state index is -0.867. The summed E-state index contributed by atoms with van der Waals surface area (Å²) in [5, 5.41) is 9.34. The highest BCUT2D eigenvalue weighted by molar-refractivity contribution is 5.76. The number of aryl methyl sites for hydroxylation is 1. The van der Waals surface area contributed by atoms with Gasteiger partial charge in [-0.3, -0.25) is 4.79 Å². The fraction of sp³-hybridized carbons (Fsp3) is 0.188. The summed E-state index contributed by atoms with van der Waals surface area (Å²) in [5.41, 5.74) is 2.67. The van der Waals surface area contributed by atoms with E-state index in [0.29, 0.717) is 6.42 Å². The summed E-state index contributed by atoms with van der Waals surface area (Å²) >= 11 is 0. The quantitative estimate of drug-likeness (QED) is 0.910. The van der Waals surface area contributed by atoms with Gasteiger partial charge in [-0.2, -0.15) is 0 Å². The van der Waals surface area contributed by atoms with Gasteiger partial charge < -0.3 is 5.11 Å². The van der Waals surface area contributed by atoms with Crippen molar-refractivity contribution in [3.8, 4) is 0 Å². The number of carbonyl (C=O) groups is 1. The molecule has 0 saturated heterocycles. The van der Waals surface area contributed by atoms with Crippen molar-refractivity contribution in [2.45, 2.75) is 19.3 Å². The molecule has 2 aromatic carbocycles. The normalized spacial score (nSPS) is 12.1. The molecule has 0 amide bonds. The van der Waals surface area contributed by atoms with Crippen LogP contribution in [-0.4, -0.2) is 11.1 Å². The van der Waals surface area contributed by atoms with E-state index in [4.69, 9.17) is 0 Å². The van der Waals surface area contributed by atoms with E-state index in [1.165, 1.54) is 12.1 Å². The van der Waals surface area contributed by atoms with Crippen LogP contribution in [0.5, 0.6) is 0 Å². The van der Waals surface area contributed by atoms with Gasteiger partial charge in [0.25, 0.3) is 0 Å². The topological polar surface area (TPSA) is 37.3 Å². The highest BCUT2D eigenvalue weighted by atomic mass is 19.1. The Balaban J connectivity index is 2.23. The zero-order valence-electron chi connectivity index (χ0n) is 10.6. The molecular weight excluding hydrogens is 243 g/mol. The number of hydrogen-bond acceptors (Lipinski definition) is 1. The van der Waals surface area contributed by atoms with Crippen LogP contribution in [0.2, 0.25) is 0 Å². The van der Waals surface area contributed by atoms with E-state index in [1.54, 1.807) is 12.1 Å². The van der Waals surface area contributed by atoms with Gasteiger partial charge in [-0.15, -0.1) is 0 Å². The molecule has 2 aromatic rings. The van der Waals surface area contributed by atoms with Crippen molar-refractivity contribution in [3.63, 3.8) is 0 Å². The van der Waals surface area contributed by atoms with Crippen LogP contribution in [0.1, 0.15) is 22.6 Å². The van der Waals surface area contributed by atoms with Gasteiger partial charge in [-0.05, 0) is 36.6 Å². The van der Waals surface area contributed by atoms with Gasteiger partial charge in [0.2, 0.25) is 0 Å². The van der Waals surface area contributed by atoms with Crippen molar-refractivity contribution in [3.05, 3.63) is 71.0 Å². The molecule has 98 valence electrons. The zero-order chi connectivity index (χ0) is 13.8. The first-order valence-electron chi connectivity index (χ1n) is 6.10. The Bertz CT molecular complexity index is 558. The maximum Gasteiger partial charge on any atom is 0.311 e. The summed E-state index contributed by atoms with van der Waals surface area (Å²) in [6, 6.07) is 13.4. The molecule has 0 spiro atoms. The third-order valence-corrected chi connectivity index (χ3v) is 3.13. The number of carboxylic acid groups (broad SMARTS) is 1. The largest absolute Gasteiger partial charge is 0.481 e. The lowest BCUT2D eigenvalue weighted by Gasteiger charge is -2.13. The summed E-state index contributed by atoms with van der Waals surface area (Å²) in [4.78, 5) is 11.4. The Labute approximate surface area is 111 Å². The average molecular weight is 258 g/mol. The molecular formula is C16H15FO2. The standard InChI is InChI=1S/C16H15FO2/c1-11-2-6-13(7-3-11)15(16(18)19)10-12-4-8-14(17)9-5-12/h2-9,15H,10H2,1H3,(H,18,19). The first kappa shape index (κ1) is 13.3. The zero-order valence-corrected chi connectivity index (χ0v) is 10.6. The lowest BCUT2D eigenvalue weighted by molar-refractivity contribution is -0.138. The number of aliphatic carboxylic acids is 1. The first-order chi connectivity index (χ1) is 9.06. The Hall–Kier alpha value is -2.16. The van der Waals surface area contributed by atoms with E-state index in [-0.39, 0.29) is 5.82 Å². The maximum absolute atomic E-state index is 12.8. The maximum atomic E-state index is 12.8. The van der Waals surface area contributed by atoms with Gasteiger partial charge in [-0.1, -0.05) is 42.0 Å². The summed E-state index contributed by atoms with van der Waals surface area (Å²) in [7, 11) is 0. The molecule has 0 fully saturated rings. The van der Waals surface area contributed by atoms with Gasteiger partial charge in [0.15, 0.2) is 0 Å². The highest BCUT2D eigenvalue weighted by Crippen LogP contribution is 2.22. The Morgan fingerprint density at radius 3 is 2.21 bits per heavy atom. The third kappa shape index (κ3) is 3.41. The number of rotatable bonds is 4. The van der Waals surface area contributed by atoms with E-state index in [0.717, 1.165) is 16.7 Å². The van der Waals surface area contributed by atoms with Crippen molar-refractivity contribution in [2.24, 2.45) is 0 Å². The number of halogens is 1. The molecule has 0 aromatic heterocycles. The second-order valence-corrected chi connectivity index (χ2v) is 4.63. The number of benzene rings is 2. The van der Waals surface area contributed by atoms with Gasteiger partial charge >= 0.3 is 5.97 Å². The van der Waals surface area contributed by atoms with Gasteiger partial charge in [0.05, 0.1) is 5.92 Å². The van der Waals surface area contributed by atoms with Crippen LogP contribution in [0, 0.1) is 12.7 Å². The molecule has 1 N–H and O–H groups in total. The lowest BCUT2D eigenvalue weighted by Crippen LogP contribution is -2.14. The first-order valence-corrected chi connectivity index (χ1v) is 6.10. The predicted molar refractivity (Wildman–Crippen MR) is 71.7 cm³/mol. The van der Waals surface area contributed by atoms with Crippen LogP contribution in [-0.2, 0) is 11.2 Å². The summed E-state index contributed by atoms with van der Waals surface area (Å²) in [6.07, 6.45) is 0.360. The molecule has 3 heteroatoms. The van der Waals surface area contributed by atoms with Gasteiger partial charge in [0, 0.05) is 0 Å². The molecule has 0 heterocycles. The summed E-state index contributed by atoms with van der Waals surface area (Å²) < 4.78 is 12.8. The molecule has 0 saturated carbocycles. The van der Waals surface area contributed by atoms with E-state index in [9.17, 15) is 14.3 Å². The smallest absolute Gasteiger partial charge is 0.311 e. The van der Waals surface area contributed by atoms with E-state index < -0.39 is 11.9 Å². The molecule has 1 unspecified atom stereocenters. The van der Waals surface area contributed by atoms with Crippen LogP contribution in [0.3, 0.4) is 0 Å². The van der Waals surface area contributed by atoms with E-state index >= 15 is 0 Å². The molecule has 2 rings (SSSR count). The van der Waals surface area contributed by atoms with Crippen LogP contribution in [0.4, 0.5) is 4.39 Å². The minimum Gasteiger partial charge on any atom is -0.481 e. The Morgan fingerprint density at radius 2 is 1.68 bits per heavy atom. The second-order valence-electron chi connectivity index (χ2n) is 4.63. The van der Waals surface area contributed by atoms with Crippen molar-refractivity contribution < 1.29 is 14.3 Å².